The summed E-state index contributed by atoms with van der Waals surface area (Å²) in [6.07, 6.45) is 0. The Hall–Kier alpha value is -2.33. The molecule has 0 radical (unpaired) electrons. The highest BCUT2D eigenvalue weighted by Gasteiger charge is 2.22. The molecule has 1 unspecified atom stereocenters. The average Bonchev–Trinajstić information content (AvgIpc) is 2.31. The van der Waals surface area contributed by atoms with E-state index in [0.29, 0.717) is 5.84 Å². The first-order valence-corrected chi connectivity index (χ1v) is 5.17. The second-order valence-electron chi connectivity index (χ2n) is 3.86. The van der Waals surface area contributed by atoms with Gasteiger partial charge in [0, 0.05) is 14.1 Å². The van der Waals surface area contributed by atoms with Crippen LogP contribution < -0.4 is 0 Å². The maximum absolute atomic E-state index is 8.90. The van der Waals surface area contributed by atoms with Gasteiger partial charge in [-0.15, -0.1) is 0 Å². The van der Waals surface area contributed by atoms with Gasteiger partial charge in [-0.25, -0.2) is 11.6 Å². The largest absolute Gasteiger partial charge is 0.363 e. The van der Waals surface area contributed by atoms with E-state index in [2.05, 4.69) is 9.84 Å². The van der Waals surface area contributed by atoms with Crippen molar-refractivity contribution in [2.75, 3.05) is 14.1 Å². The number of nitrogens with zero attached hydrogens (tertiary/aromatic N) is 4. The lowest BCUT2D eigenvalue weighted by Crippen LogP contribution is -2.30. The first-order chi connectivity index (χ1) is 8.08. The number of nitriles is 1. The summed E-state index contributed by atoms with van der Waals surface area (Å²) in [4.78, 5) is 9.31. The topological polar surface area (TPSA) is 43.8 Å². The zero-order chi connectivity index (χ0) is 12.8. The number of hydrogen-bond acceptors (Lipinski definition) is 2. The molecule has 1 aromatic carbocycles. The molecule has 0 N–H and O–H groups in total. The van der Waals surface area contributed by atoms with Crippen LogP contribution >= 0.6 is 0 Å². The summed E-state index contributed by atoms with van der Waals surface area (Å²) in [5, 5.41) is 8.90. The van der Waals surface area contributed by atoms with E-state index < -0.39 is 6.04 Å². The van der Waals surface area contributed by atoms with E-state index in [1.807, 2.05) is 37.3 Å². The van der Waals surface area contributed by atoms with Crippen LogP contribution in [0.4, 0.5) is 5.69 Å². The predicted octanol–water partition coefficient (Wildman–Crippen LogP) is 2.40. The molecule has 1 aromatic rings. The Labute approximate surface area is 102 Å². The fourth-order valence-corrected chi connectivity index (χ4v) is 1.30. The van der Waals surface area contributed by atoms with Crippen LogP contribution in [0.1, 0.15) is 5.56 Å². The van der Waals surface area contributed by atoms with E-state index in [4.69, 9.17) is 11.8 Å². The molecule has 0 saturated carbocycles. The fourth-order valence-electron chi connectivity index (χ4n) is 1.30. The van der Waals surface area contributed by atoms with Gasteiger partial charge in [-0.3, -0.25) is 4.85 Å². The van der Waals surface area contributed by atoms with Gasteiger partial charge >= 0.3 is 6.04 Å². The Bertz CT molecular complexity index is 472. The summed E-state index contributed by atoms with van der Waals surface area (Å²) < 4.78 is 0. The second-order valence-corrected chi connectivity index (χ2v) is 3.86. The summed E-state index contributed by atoms with van der Waals surface area (Å²) in [6.45, 7) is 8.98. The zero-order valence-corrected chi connectivity index (χ0v) is 10.2. The van der Waals surface area contributed by atoms with Crippen molar-refractivity contribution in [2.45, 2.75) is 13.0 Å². The zero-order valence-electron chi connectivity index (χ0n) is 10.2. The van der Waals surface area contributed by atoms with Crippen LogP contribution in [0.5, 0.6) is 0 Å². The van der Waals surface area contributed by atoms with Gasteiger partial charge in [-0.05, 0) is 19.1 Å². The van der Waals surface area contributed by atoms with Crippen LogP contribution in [-0.2, 0) is 0 Å². The van der Waals surface area contributed by atoms with Gasteiger partial charge in [0.15, 0.2) is 6.07 Å². The fraction of sp³-hybridized carbons (Fsp3) is 0.308. The molecule has 0 aliphatic heterocycles. The molecule has 0 heterocycles. The molecule has 0 amide bonds. The van der Waals surface area contributed by atoms with E-state index >= 15 is 0 Å². The van der Waals surface area contributed by atoms with E-state index in [1.54, 1.807) is 19.0 Å². The smallest absolute Gasteiger partial charge is 0.359 e. The highest BCUT2D eigenvalue weighted by Crippen LogP contribution is 2.14. The summed E-state index contributed by atoms with van der Waals surface area (Å²) in [5.41, 5.74) is 1.90. The van der Waals surface area contributed by atoms with Crippen molar-refractivity contribution in [1.29, 1.82) is 5.26 Å². The summed E-state index contributed by atoms with van der Waals surface area (Å²) in [6, 6.07) is 8.73. The standard InChI is InChI=1S/C13H14N4/c1-10-5-7-11(8-6-10)16-13(17(3)4)12(9-14)15-2/h5-8,12H,1,3-4H3. The normalized spacial score (nSPS) is 12.4. The molecule has 0 aliphatic carbocycles. The molecule has 0 aromatic heterocycles. The third-order valence-electron chi connectivity index (χ3n) is 2.23. The molecule has 0 aliphatic rings. The minimum atomic E-state index is -0.855. The van der Waals surface area contributed by atoms with Crippen LogP contribution in [0.2, 0.25) is 0 Å². The Morgan fingerprint density at radius 3 is 2.41 bits per heavy atom. The molecule has 86 valence electrons. The molecule has 1 rings (SSSR count). The molecule has 1 atom stereocenters. The van der Waals surface area contributed by atoms with Gasteiger partial charge in [0.05, 0.1) is 5.69 Å². The lowest BCUT2D eigenvalue weighted by Gasteiger charge is -2.13. The van der Waals surface area contributed by atoms with Gasteiger partial charge in [-0.1, -0.05) is 17.7 Å². The van der Waals surface area contributed by atoms with Crippen molar-refractivity contribution in [2.24, 2.45) is 4.99 Å². The molecule has 4 heteroatoms. The maximum atomic E-state index is 8.90. The molecule has 4 nitrogen and oxygen atoms in total. The van der Waals surface area contributed by atoms with Gasteiger partial charge in [0.25, 0.3) is 0 Å². The highest BCUT2D eigenvalue weighted by molar-refractivity contribution is 5.93. The quantitative estimate of drug-likeness (QED) is 0.441. The Kier molecular flexibility index (Phi) is 4.25. The lowest BCUT2D eigenvalue weighted by atomic mass is 10.2. The first kappa shape index (κ1) is 12.7. The minimum absolute atomic E-state index is 0.464. The molecule has 0 spiro atoms. The van der Waals surface area contributed by atoms with Gasteiger partial charge in [0.2, 0.25) is 5.84 Å². The molecular weight excluding hydrogens is 212 g/mol. The number of aryl methyl sites for hydroxylation is 1. The first-order valence-electron chi connectivity index (χ1n) is 5.17. The van der Waals surface area contributed by atoms with Crippen molar-refractivity contribution in [3.63, 3.8) is 0 Å². The molecule has 0 fully saturated rings. The van der Waals surface area contributed by atoms with E-state index in [1.165, 1.54) is 0 Å². The van der Waals surface area contributed by atoms with E-state index in [0.717, 1.165) is 11.3 Å². The van der Waals surface area contributed by atoms with Crippen molar-refractivity contribution >= 4 is 11.5 Å². The van der Waals surface area contributed by atoms with Crippen molar-refractivity contribution < 1.29 is 0 Å². The van der Waals surface area contributed by atoms with Crippen molar-refractivity contribution in [1.82, 2.24) is 4.90 Å². The molecule has 17 heavy (non-hydrogen) atoms. The van der Waals surface area contributed by atoms with E-state index in [-0.39, 0.29) is 0 Å². The SMILES string of the molecule is [C-]#[N+]C(C#N)C(=Nc1ccc(C)cc1)N(C)C. The summed E-state index contributed by atoms with van der Waals surface area (Å²) in [5.74, 6) is 0.464. The van der Waals surface area contributed by atoms with Gasteiger partial charge in [-0.2, -0.15) is 5.26 Å². The molecular formula is C13H14N4. The molecule has 0 bridgehead atoms. The number of rotatable bonds is 2. The van der Waals surface area contributed by atoms with Crippen LogP contribution in [0.25, 0.3) is 4.85 Å². The summed E-state index contributed by atoms with van der Waals surface area (Å²) in [7, 11) is 3.56. The van der Waals surface area contributed by atoms with E-state index in [9.17, 15) is 0 Å². The maximum Gasteiger partial charge on any atom is 0.363 e. The van der Waals surface area contributed by atoms with Crippen LogP contribution in [0, 0.1) is 24.8 Å². The Morgan fingerprint density at radius 2 is 2.00 bits per heavy atom. The number of amidine groups is 1. The third-order valence-corrected chi connectivity index (χ3v) is 2.23. The highest BCUT2D eigenvalue weighted by atomic mass is 15.2. The van der Waals surface area contributed by atoms with Crippen LogP contribution in [0.15, 0.2) is 29.3 Å². The Morgan fingerprint density at radius 1 is 1.41 bits per heavy atom. The van der Waals surface area contributed by atoms with Gasteiger partial charge < -0.3 is 4.90 Å². The number of aliphatic imine (C=N–C) groups is 1. The number of hydrogen-bond donors (Lipinski definition) is 0. The minimum Gasteiger partial charge on any atom is -0.359 e. The summed E-state index contributed by atoms with van der Waals surface area (Å²) >= 11 is 0. The second kappa shape index (κ2) is 5.67. The molecule has 0 saturated heterocycles. The van der Waals surface area contributed by atoms with Crippen LogP contribution in [-0.4, -0.2) is 30.9 Å². The average molecular weight is 226 g/mol. The third kappa shape index (κ3) is 3.32. The monoisotopic (exact) mass is 226 g/mol. The van der Waals surface area contributed by atoms with Crippen LogP contribution in [0.3, 0.4) is 0 Å². The lowest BCUT2D eigenvalue weighted by molar-refractivity contribution is 0.609. The van der Waals surface area contributed by atoms with Crippen molar-refractivity contribution in [3.8, 4) is 6.07 Å². The predicted molar refractivity (Wildman–Crippen MR) is 68.0 cm³/mol. The Balaban J connectivity index is 3.12. The van der Waals surface area contributed by atoms with Crippen molar-refractivity contribution in [3.05, 3.63) is 41.2 Å². The van der Waals surface area contributed by atoms with Gasteiger partial charge in [0.1, 0.15) is 0 Å². The number of likely N-dealkylation sites (N-methyl/N-ethyl adjacent to an activating group) is 1. The number of benzene rings is 1.